The number of carbonyl (C=O) groups is 1. The highest BCUT2D eigenvalue weighted by atomic mass is 16.4. The van der Waals surface area contributed by atoms with Crippen molar-refractivity contribution >= 4 is 17.7 Å². The summed E-state index contributed by atoms with van der Waals surface area (Å²) in [5.74, 6) is -0.514. The Morgan fingerprint density at radius 3 is 2.39 bits per heavy atom. The van der Waals surface area contributed by atoms with Crippen LogP contribution in [-0.4, -0.2) is 58.8 Å². The molecular weight excluding hydrogens is 234 g/mol. The van der Waals surface area contributed by atoms with Crippen molar-refractivity contribution in [3.8, 4) is 0 Å². The van der Waals surface area contributed by atoms with Crippen molar-refractivity contribution in [2.24, 2.45) is 7.05 Å². The predicted molar refractivity (Wildman–Crippen MR) is 66.1 cm³/mol. The number of piperazine rings is 1. The zero-order valence-electron chi connectivity index (χ0n) is 10.4. The highest BCUT2D eigenvalue weighted by Gasteiger charge is 2.26. The molecule has 0 amide bonds. The smallest absolute Gasteiger partial charge is 0.345 e. The lowest BCUT2D eigenvalue weighted by molar-refractivity contribution is 0.0692. The van der Waals surface area contributed by atoms with Crippen LogP contribution in [-0.2, 0) is 7.05 Å². The van der Waals surface area contributed by atoms with Crippen LogP contribution in [0.3, 0.4) is 0 Å². The van der Waals surface area contributed by atoms with Gasteiger partial charge >= 0.3 is 5.97 Å². The van der Waals surface area contributed by atoms with Crippen molar-refractivity contribution in [3.63, 3.8) is 0 Å². The van der Waals surface area contributed by atoms with E-state index >= 15 is 0 Å². The summed E-state index contributed by atoms with van der Waals surface area (Å²) in [5.41, 5.74) is -0.165. The van der Waals surface area contributed by atoms with Crippen LogP contribution in [0.15, 0.2) is 0 Å². The van der Waals surface area contributed by atoms with Gasteiger partial charge in [0.05, 0.1) is 7.05 Å². The van der Waals surface area contributed by atoms with Gasteiger partial charge in [-0.25, -0.2) is 4.79 Å². The third kappa shape index (κ3) is 2.02. The molecule has 0 saturated carbocycles. The first-order valence-corrected chi connectivity index (χ1v) is 5.65. The van der Waals surface area contributed by atoms with Gasteiger partial charge in [-0.1, -0.05) is 6.57 Å². The van der Waals surface area contributed by atoms with Gasteiger partial charge in [-0.15, -0.1) is 0 Å². The predicted octanol–water partition coefficient (Wildman–Crippen LogP) is 0.421. The molecule has 0 unspecified atom stereocenters. The number of anilines is 1. The van der Waals surface area contributed by atoms with Crippen molar-refractivity contribution in [1.29, 1.82) is 0 Å². The number of hydrogen-bond acceptors (Lipinski definition) is 4. The van der Waals surface area contributed by atoms with Crippen LogP contribution in [0.5, 0.6) is 0 Å². The van der Waals surface area contributed by atoms with Crippen LogP contribution >= 0.6 is 0 Å². The summed E-state index contributed by atoms with van der Waals surface area (Å²) in [6.07, 6.45) is 0. The van der Waals surface area contributed by atoms with Crippen molar-refractivity contribution in [2.75, 3.05) is 38.1 Å². The van der Waals surface area contributed by atoms with E-state index in [2.05, 4.69) is 14.7 Å². The molecule has 1 aromatic rings. The van der Waals surface area contributed by atoms with Gasteiger partial charge in [0.1, 0.15) is 0 Å². The third-order valence-electron chi connectivity index (χ3n) is 3.14. The number of nitrogens with zero attached hydrogens (tertiary/aromatic N) is 5. The largest absolute Gasteiger partial charge is 0.477 e. The van der Waals surface area contributed by atoms with E-state index in [1.807, 2.05) is 11.9 Å². The highest BCUT2D eigenvalue weighted by molar-refractivity contribution is 5.92. The van der Waals surface area contributed by atoms with E-state index in [0.29, 0.717) is 5.95 Å². The monoisotopic (exact) mass is 249 g/mol. The van der Waals surface area contributed by atoms with E-state index in [9.17, 15) is 4.79 Å². The van der Waals surface area contributed by atoms with Crippen molar-refractivity contribution in [2.45, 2.75) is 0 Å². The second kappa shape index (κ2) is 4.66. The number of rotatable bonds is 2. The van der Waals surface area contributed by atoms with Crippen LogP contribution in [0.2, 0.25) is 0 Å². The summed E-state index contributed by atoms with van der Waals surface area (Å²) >= 11 is 0. The molecule has 1 saturated heterocycles. The molecule has 96 valence electrons. The molecule has 0 aliphatic carbocycles. The second-order valence-corrected chi connectivity index (χ2v) is 4.35. The molecule has 2 heterocycles. The minimum absolute atomic E-state index is 0.0800. The maximum atomic E-state index is 11.0. The standard InChI is InChI=1S/C11H15N5O2/c1-12-9-8(10(17)18)13-11(15(9)3)16-6-4-14(2)5-7-16/h4-7H2,2-3H3,(H,17,18). The van der Waals surface area contributed by atoms with Crippen molar-refractivity contribution in [3.05, 3.63) is 17.1 Å². The van der Waals surface area contributed by atoms with Gasteiger partial charge in [0.2, 0.25) is 0 Å². The lowest BCUT2D eigenvalue weighted by Gasteiger charge is -2.31. The van der Waals surface area contributed by atoms with Crippen LogP contribution in [0.25, 0.3) is 4.85 Å². The SMILES string of the molecule is [C-]#[N+]c1c(C(=O)O)nc(N2CCN(C)CC2)n1C. The lowest BCUT2D eigenvalue weighted by atomic mass is 10.3. The summed E-state index contributed by atoms with van der Waals surface area (Å²) < 4.78 is 1.56. The van der Waals surface area contributed by atoms with E-state index in [-0.39, 0.29) is 11.5 Å². The number of aromatic carboxylic acids is 1. The number of likely N-dealkylation sites (N-methyl/N-ethyl adjacent to an activating group) is 1. The second-order valence-electron chi connectivity index (χ2n) is 4.35. The van der Waals surface area contributed by atoms with Crippen LogP contribution in [0.1, 0.15) is 10.5 Å². The molecule has 0 bridgehead atoms. The summed E-state index contributed by atoms with van der Waals surface area (Å²) in [6.45, 7) is 10.4. The Labute approximate surface area is 105 Å². The average Bonchev–Trinajstić information content (AvgIpc) is 2.67. The fraction of sp³-hybridized carbons (Fsp3) is 0.545. The molecular formula is C11H15N5O2. The molecule has 18 heavy (non-hydrogen) atoms. The highest BCUT2D eigenvalue weighted by Crippen LogP contribution is 2.26. The van der Waals surface area contributed by atoms with E-state index in [0.717, 1.165) is 26.2 Å². The molecule has 1 fully saturated rings. The van der Waals surface area contributed by atoms with E-state index in [1.54, 1.807) is 11.6 Å². The lowest BCUT2D eigenvalue weighted by Crippen LogP contribution is -2.45. The summed E-state index contributed by atoms with van der Waals surface area (Å²) in [5, 5.41) is 9.03. The molecule has 0 radical (unpaired) electrons. The first-order chi connectivity index (χ1) is 8.54. The first-order valence-electron chi connectivity index (χ1n) is 5.65. The Balaban J connectivity index is 2.35. The zero-order chi connectivity index (χ0) is 13.3. The van der Waals surface area contributed by atoms with Gasteiger partial charge in [0, 0.05) is 26.2 Å². The molecule has 2 rings (SSSR count). The Morgan fingerprint density at radius 2 is 1.94 bits per heavy atom. The normalized spacial score (nSPS) is 16.6. The van der Waals surface area contributed by atoms with Crippen molar-refractivity contribution in [1.82, 2.24) is 14.5 Å². The number of carboxylic acids is 1. The number of hydrogen-bond donors (Lipinski definition) is 1. The van der Waals surface area contributed by atoms with E-state index in [1.165, 1.54) is 0 Å². The Hall–Kier alpha value is -2.07. The van der Waals surface area contributed by atoms with Crippen molar-refractivity contribution < 1.29 is 9.90 Å². The van der Waals surface area contributed by atoms with Crippen LogP contribution in [0.4, 0.5) is 11.8 Å². The third-order valence-corrected chi connectivity index (χ3v) is 3.14. The first kappa shape index (κ1) is 12.4. The Morgan fingerprint density at radius 1 is 1.33 bits per heavy atom. The molecule has 7 nitrogen and oxygen atoms in total. The fourth-order valence-corrected chi connectivity index (χ4v) is 2.04. The number of carboxylic acid groups (broad SMARTS) is 1. The van der Waals surface area contributed by atoms with Gasteiger partial charge in [0.15, 0.2) is 5.69 Å². The Bertz CT molecular complexity index is 508. The van der Waals surface area contributed by atoms with Crippen LogP contribution in [0, 0.1) is 6.57 Å². The van der Waals surface area contributed by atoms with Gasteiger partial charge in [-0.3, -0.25) is 4.57 Å². The zero-order valence-corrected chi connectivity index (χ0v) is 10.4. The summed E-state index contributed by atoms with van der Waals surface area (Å²) in [7, 11) is 3.73. The van der Waals surface area contributed by atoms with E-state index in [4.69, 9.17) is 11.7 Å². The molecule has 0 spiro atoms. The molecule has 0 aromatic carbocycles. The molecule has 1 aromatic heterocycles. The maximum Gasteiger partial charge on any atom is 0.345 e. The Kier molecular flexibility index (Phi) is 3.21. The number of imidazole rings is 1. The fourth-order valence-electron chi connectivity index (χ4n) is 2.04. The average molecular weight is 249 g/mol. The van der Waals surface area contributed by atoms with Gasteiger partial charge in [-0.2, -0.15) is 4.98 Å². The minimum atomic E-state index is -1.16. The van der Waals surface area contributed by atoms with Gasteiger partial charge < -0.3 is 19.8 Å². The quantitative estimate of drug-likeness (QED) is 0.769. The minimum Gasteiger partial charge on any atom is -0.477 e. The molecule has 0 atom stereocenters. The summed E-state index contributed by atoms with van der Waals surface area (Å²) in [6, 6.07) is 0. The maximum absolute atomic E-state index is 11.0. The summed E-state index contributed by atoms with van der Waals surface area (Å²) in [4.78, 5) is 22.6. The van der Waals surface area contributed by atoms with Gasteiger partial charge in [-0.05, 0) is 7.05 Å². The van der Waals surface area contributed by atoms with Gasteiger partial charge in [0.25, 0.3) is 11.8 Å². The molecule has 1 aliphatic rings. The number of aromatic nitrogens is 2. The van der Waals surface area contributed by atoms with Crippen LogP contribution < -0.4 is 4.90 Å². The molecule has 7 heteroatoms. The topological polar surface area (TPSA) is 66.0 Å². The molecule has 1 aliphatic heterocycles. The molecule has 1 N–H and O–H groups in total. The van der Waals surface area contributed by atoms with E-state index < -0.39 is 5.97 Å².